The number of hydrogen-bond acceptors (Lipinski definition) is 3. The molecule has 0 spiro atoms. The molecule has 0 bridgehead atoms. The fraction of sp³-hybridized carbons (Fsp3) is 0.250. The van der Waals surface area contributed by atoms with Gasteiger partial charge in [0.2, 0.25) is 6.10 Å². The average molecular weight is 253 g/mol. The van der Waals surface area contributed by atoms with Gasteiger partial charge in [-0.05, 0) is 23.3 Å². The van der Waals surface area contributed by atoms with Crippen LogP contribution in [0.15, 0.2) is 42.5 Å². The van der Waals surface area contributed by atoms with E-state index in [4.69, 9.17) is 10.00 Å². The lowest BCUT2D eigenvalue weighted by molar-refractivity contribution is -0.146. The summed E-state index contributed by atoms with van der Waals surface area (Å²) in [6, 6.07) is 15.6. The highest BCUT2D eigenvalue weighted by Gasteiger charge is 2.15. The molecule has 1 unspecified atom stereocenters. The summed E-state index contributed by atoms with van der Waals surface area (Å²) >= 11 is 0. The van der Waals surface area contributed by atoms with E-state index in [0.717, 1.165) is 10.8 Å². The van der Waals surface area contributed by atoms with Gasteiger partial charge in [-0.25, -0.2) is 0 Å². The number of nitrogens with zero attached hydrogens (tertiary/aromatic N) is 1. The standard InChI is InChI=1S/C16H15NO2/c1-2-5-16(18)19-15(11-17)14-9-8-12-6-3-4-7-13(12)10-14/h3-4,6-10,15H,2,5H2,1H3. The van der Waals surface area contributed by atoms with Crippen molar-refractivity contribution in [3.8, 4) is 6.07 Å². The highest BCUT2D eigenvalue weighted by Crippen LogP contribution is 2.22. The molecule has 2 aromatic rings. The van der Waals surface area contributed by atoms with Crippen molar-refractivity contribution >= 4 is 16.7 Å². The fourth-order valence-electron chi connectivity index (χ4n) is 1.93. The van der Waals surface area contributed by atoms with Crippen molar-refractivity contribution in [3.63, 3.8) is 0 Å². The van der Waals surface area contributed by atoms with E-state index >= 15 is 0 Å². The summed E-state index contributed by atoms with van der Waals surface area (Å²) < 4.78 is 5.17. The highest BCUT2D eigenvalue weighted by atomic mass is 16.5. The number of esters is 1. The van der Waals surface area contributed by atoms with Crippen LogP contribution in [0.2, 0.25) is 0 Å². The molecule has 0 aliphatic carbocycles. The molecule has 0 heterocycles. The lowest BCUT2D eigenvalue weighted by atomic mass is 10.0. The molecule has 2 rings (SSSR count). The smallest absolute Gasteiger partial charge is 0.307 e. The van der Waals surface area contributed by atoms with Crippen molar-refractivity contribution in [2.75, 3.05) is 0 Å². The zero-order chi connectivity index (χ0) is 13.7. The van der Waals surface area contributed by atoms with Gasteiger partial charge in [0.25, 0.3) is 0 Å². The summed E-state index contributed by atoms with van der Waals surface area (Å²) in [7, 11) is 0. The summed E-state index contributed by atoms with van der Waals surface area (Å²) in [6.45, 7) is 1.90. The van der Waals surface area contributed by atoms with E-state index in [2.05, 4.69) is 0 Å². The highest BCUT2D eigenvalue weighted by molar-refractivity contribution is 5.83. The molecule has 0 aliphatic heterocycles. The first-order chi connectivity index (χ1) is 9.24. The SMILES string of the molecule is CCCC(=O)OC(C#N)c1ccc2ccccc2c1. The van der Waals surface area contributed by atoms with Gasteiger partial charge in [-0.3, -0.25) is 4.79 Å². The maximum absolute atomic E-state index is 11.5. The topological polar surface area (TPSA) is 50.1 Å². The second-order valence-corrected chi connectivity index (χ2v) is 4.36. The average Bonchev–Trinajstić information content (AvgIpc) is 2.44. The van der Waals surface area contributed by atoms with E-state index in [1.165, 1.54) is 0 Å². The Balaban J connectivity index is 2.26. The molecule has 3 nitrogen and oxygen atoms in total. The van der Waals surface area contributed by atoms with Crippen LogP contribution >= 0.6 is 0 Å². The number of rotatable bonds is 4. The summed E-state index contributed by atoms with van der Waals surface area (Å²) in [5.74, 6) is -0.331. The molecule has 0 fully saturated rings. The molecule has 2 aromatic carbocycles. The number of ether oxygens (including phenoxy) is 1. The van der Waals surface area contributed by atoms with Gasteiger partial charge >= 0.3 is 5.97 Å². The predicted octanol–water partition coefficient (Wildman–Crippen LogP) is 3.75. The lowest BCUT2D eigenvalue weighted by Crippen LogP contribution is -2.09. The van der Waals surface area contributed by atoms with Gasteiger partial charge in [0, 0.05) is 12.0 Å². The van der Waals surface area contributed by atoms with Crippen LogP contribution in [0.5, 0.6) is 0 Å². The number of fused-ring (bicyclic) bond motifs is 1. The molecule has 0 radical (unpaired) electrons. The van der Waals surface area contributed by atoms with Crippen LogP contribution in [0.25, 0.3) is 10.8 Å². The first kappa shape index (κ1) is 13.1. The first-order valence-corrected chi connectivity index (χ1v) is 6.32. The van der Waals surface area contributed by atoms with Crippen LogP contribution in [0.3, 0.4) is 0 Å². The largest absolute Gasteiger partial charge is 0.442 e. The fourth-order valence-corrected chi connectivity index (χ4v) is 1.93. The van der Waals surface area contributed by atoms with Gasteiger partial charge in [-0.1, -0.05) is 43.3 Å². The second kappa shape index (κ2) is 6.01. The number of hydrogen-bond donors (Lipinski definition) is 0. The maximum atomic E-state index is 11.5. The van der Waals surface area contributed by atoms with E-state index < -0.39 is 6.10 Å². The van der Waals surface area contributed by atoms with Gasteiger partial charge in [-0.2, -0.15) is 5.26 Å². The van der Waals surface area contributed by atoms with E-state index in [1.807, 2.05) is 55.5 Å². The molecule has 0 aliphatic rings. The molecule has 0 saturated heterocycles. The molecule has 1 atom stereocenters. The Hall–Kier alpha value is -2.34. The molecule has 0 saturated carbocycles. The molecule has 0 N–H and O–H groups in total. The lowest BCUT2D eigenvalue weighted by Gasteiger charge is -2.11. The minimum Gasteiger partial charge on any atom is -0.442 e. The van der Waals surface area contributed by atoms with Crippen molar-refractivity contribution in [2.45, 2.75) is 25.9 Å². The Labute approximate surface area is 112 Å². The summed E-state index contributed by atoms with van der Waals surface area (Å²) in [4.78, 5) is 11.5. The van der Waals surface area contributed by atoms with Gasteiger partial charge in [0.1, 0.15) is 6.07 Å². The second-order valence-electron chi connectivity index (χ2n) is 4.36. The van der Waals surface area contributed by atoms with Gasteiger partial charge < -0.3 is 4.74 Å². The van der Waals surface area contributed by atoms with Gasteiger partial charge in [0.05, 0.1) is 0 Å². The van der Waals surface area contributed by atoms with E-state index in [-0.39, 0.29) is 5.97 Å². The third kappa shape index (κ3) is 3.11. The van der Waals surface area contributed by atoms with Crippen LogP contribution in [0.1, 0.15) is 31.4 Å². The number of nitriles is 1. The minimum atomic E-state index is -0.830. The molecule has 0 amide bonds. The maximum Gasteiger partial charge on any atom is 0.307 e. The van der Waals surface area contributed by atoms with Crippen molar-refractivity contribution in [1.82, 2.24) is 0 Å². The summed E-state index contributed by atoms with van der Waals surface area (Å²) in [6.07, 6.45) is 0.226. The van der Waals surface area contributed by atoms with Crippen molar-refractivity contribution in [1.29, 1.82) is 5.26 Å². The van der Waals surface area contributed by atoms with Crippen LogP contribution < -0.4 is 0 Å². The van der Waals surface area contributed by atoms with Crippen molar-refractivity contribution < 1.29 is 9.53 Å². The van der Waals surface area contributed by atoms with Crippen molar-refractivity contribution in [3.05, 3.63) is 48.0 Å². The summed E-state index contributed by atoms with van der Waals surface area (Å²) in [5, 5.41) is 11.3. The number of benzene rings is 2. The Bertz CT molecular complexity index is 628. The third-order valence-electron chi connectivity index (χ3n) is 2.90. The minimum absolute atomic E-state index is 0.331. The zero-order valence-electron chi connectivity index (χ0n) is 10.8. The normalized spacial score (nSPS) is 11.8. The predicted molar refractivity (Wildman–Crippen MR) is 73.3 cm³/mol. The molecule has 96 valence electrons. The van der Waals surface area contributed by atoms with E-state index in [0.29, 0.717) is 18.4 Å². The van der Waals surface area contributed by atoms with Gasteiger partial charge in [0.15, 0.2) is 0 Å². The van der Waals surface area contributed by atoms with Gasteiger partial charge in [-0.15, -0.1) is 0 Å². The number of carbonyl (C=O) groups is 1. The monoisotopic (exact) mass is 253 g/mol. The number of carbonyl (C=O) groups excluding carboxylic acids is 1. The van der Waals surface area contributed by atoms with Crippen molar-refractivity contribution in [2.24, 2.45) is 0 Å². The summed E-state index contributed by atoms with van der Waals surface area (Å²) in [5.41, 5.74) is 0.714. The Morgan fingerprint density at radius 2 is 2.00 bits per heavy atom. The Morgan fingerprint density at radius 1 is 1.26 bits per heavy atom. The molecule has 3 heteroatoms. The van der Waals surface area contributed by atoms with E-state index in [1.54, 1.807) is 0 Å². The van der Waals surface area contributed by atoms with Crippen LogP contribution in [0.4, 0.5) is 0 Å². The quantitative estimate of drug-likeness (QED) is 0.780. The Kier molecular flexibility index (Phi) is 4.15. The van der Waals surface area contributed by atoms with E-state index in [9.17, 15) is 4.79 Å². The molecule has 19 heavy (non-hydrogen) atoms. The van der Waals surface area contributed by atoms with Crippen LogP contribution in [0, 0.1) is 11.3 Å². The zero-order valence-corrected chi connectivity index (χ0v) is 10.8. The first-order valence-electron chi connectivity index (χ1n) is 6.32. The van der Waals surface area contributed by atoms with Crippen LogP contribution in [-0.4, -0.2) is 5.97 Å². The molecule has 0 aromatic heterocycles. The Morgan fingerprint density at radius 3 is 2.68 bits per heavy atom. The molecular formula is C16H15NO2. The molecular weight excluding hydrogens is 238 g/mol. The van der Waals surface area contributed by atoms with Crippen LogP contribution in [-0.2, 0) is 9.53 Å². The third-order valence-corrected chi connectivity index (χ3v) is 2.90.